The number of halogens is 2. The Morgan fingerprint density at radius 1 is 1.12 bits per heavy atom. The minimum absolute atomic E-state index is 0.112. The summed E-state index contributed by atoms with van der Waals surface area (Å²) in [5, 5.41) is 5.49. The highest BCUT2D eigenvalue weighted by Crippen LogP contribution is 2.15. The number of hydrogen-bond donors (Lipinski definition) is 0. The van der Waals surface area contributed by atoms with E-state index in [-0.39, 0.29) is 11.8 Å². The molecule has 1 aliphatic rings. The SMILES string of the molecule is CC(Cn1cc(Cl)cn1)C(=O)N1CCN(Cc2ccc(Cl)cc2)CC1. The van der Waals surface area contributed by atoms with Crippen LogP contribution in [-0.2, 0) is 17.9 Å². The van der Waals surface area contributed by atoms with Crippen molar-refractivity contribution in [1.82, 2.24) is 19.6 Å². The van der Waals surface area contributed by atoms with E-state index in [0.29, 0.717) is 11.6 Å². The lowest BCUT2D eigenvalue weighted by Crippen LogP contribution is -2.50. The van der Waals surface area contributed by atoms with Crippen LogP contribution in [0, 0.1) is 5.92 Å². The summed E-state index contributed by atoms with van der Waals surface area (Å²) in [4.78, 5) is 16.9. The number of benzene rings is 1. The number of aromatic nitrogens is 2. The quantitative estimate of drug-likeness (QED) is 0.799. The van der Waals surface area contributed by atoms with Crippen molar-refractivity contribution >= 4 is 29.1 Å². The van der Waals surface area contributed by atoms with E-state index in [1.165, 1.54) is 5.56 Å². The lowest BCUT2D eigenvalue weighted by atomic mass is 10.1. The van der Waals surface area contributed by atoms with Gasteiger partial charge in [-0.2, -0.15) is 5.10 Å². The number of carbonyl (C=O) groups is 1. The molecule has 0 spiro atoms. The average Bonchev–Trinajstić information content (AvgIpc) is 3.02. The summed E-state index contributed by atoms with van der Waals surface area (Å²) in [6, 6.07) is 7.94. The van der Waals surface area contributed by atoms with Gasteiger partial charge < -0.3 is 4.90 Å². The van der Waals surface area contributed by atoms with Gasteiger partial charge in [0.05, 0.1) is 23.7 Å². The molecule has 25 heavy (non-hydrogen) atoms. The van der Waals surface area contributed by atoms with Gasteiger partial charge in [0.15, 0.2) is 0 Å². The van der Waals surface area contributed by atoms with E-state index in [1.54, 1.807) is 17.1 Å². The molecule has 1 saturated heterocycles. The molecule has 0 aliphatic carbocycles. The molecule has 1 aromatic carbocycles. The second kappa shape index (κ2) is 8.21. The van der Waals surface area contributed by atoms with Gasteiger partial charge >= 0.3 is 0 Å². The zero-order chi connectivity index (χ0) is 17.8. The molecule has 5 nitrogen and oxygen atoms in total. The van der Waals surface area contributed by atoms with Crippen molar-refractivity contribution in [3.63, 3.8) is 0 Å². The van der Waals surface area contributed by atoms with Crippen LogP contribution < -0.4 is 0 Å². The van der Waals surface area contributed by atoms with Crippen molar-refractivity contribution in [2.45, 2.75) is 20.0 Å². The minimum atomic E-state index is -0.112. The summed E-state index contributed by atoms with van der Waals surface area (Å²) >= 11 is 11.8. The van der Waals surface area contributed by atoms with Crippen LogP contribution in [0.5, 0.6) is 0 Å². The third-order valence-electron chi connectivity index (χ3n) is 4.49. The van der Waals surface area contributed by atoms with Crippen LogP contribution in [0.25, 0.3) is 0 Å². The summed E-state index contributed by atoms with van der Waals surface area (Å²) < 4.78 is 1.72. The summed E-state index contributed by atoms with van der Waals surface area (Å²) in [7, 11) is 0. The highest BCUT2D eigenvalue weighted by molar-refractivity contribution is 6.30. The molecule has 1 amide bonds. The maximum Gasteiger partial charge on any atom is 0.227 e. The van der Waals surface area contributed by atoms with Crippen LogP contribution in [0.2, 0.25) is 10.0 Å². The second-order valence-corrected chi connectivity index (χ2v) is 7.38. The minimum Gasteiger partial charge on any atom is -0.340 e. The normalized spacial score (nSPS) is 16.8. The number of amides is 1. The highest BCUT2D eigenvalue weighted by atomic mass is 35.5. The van der Waals surface area contributed by atoms with Gasteiger partial charge in [0.25, 0.3) is 0 Å². The Labute approximate surface area is 158 Å². The second-order valence-electron chi connectivity index (χ2n) is 6.51. The van der Waals surface area contributed by atoms with Crippen LogP contribution >= 0.6 is 23.2 Å². The van der Waals surface area contributed by atoms with Gasteiger partial charge in [-0.3, -0.25) is 14.4 Å². The van der Waals surface area contributed by atoms with E-state index < -0.39 is 0 Å². The van der Waals surface area contributed by atoms with Gasteiger partial charge in [-0.15, -0.1) is 0 Å². The van der Waals surface area contributed by atoms with Crippen molar-refractivity contribution in [3.05, 3.63) is 52.3 Å². The maximum atomic E-state index is 12.6. The van der Waals surface area contributed by atoms with Gasteiger partial charge in [0.1, 0.15) is 0 Å². The summed E-state index contributed by atoms with van der Waals surface area (Å²) in [6.07, 6.45) is 3.34. The number of carbonyl (C=O) groups excluding carboxylic acids is 1. The fourth-order valence-electron chi connectivity index (χ4n) is 3.08. The number of piperazine rings is 1. The molecule has 1 aliphatic heterocycles. The molecule has 1 atom stereocenters. The summed E-state index contributed by atoms with van der Waals surface area (Å²) in [5.74, 6) is 0.0662. The van der Waals surface area contributed by atoms with Crippen LogP contribution in [-0.4, -0.2) is 51.7 Å². The van der Waals surface area contributed by atoms with Crippen LogP contribution in [0.1, 0.15) is 12.5 Å². The molecule has 0 bridgehead atoms. The molecule has 1 unspecified atom stereocenters. The molecule has 0 saturated carbocycles. The Bertz CT molecular complexity index is 708. The number of nitrogens with zero attached hydrogens (tertiary/aromatic N) is 4. The molecular weight excluding hydrogens is 359 g/mol. The first kappa shape index (κ1) is 18.2. The third kappa shape index (κ3) is 4.97. The molecule has 7 heteroatoms. The molecular formula is C18H22Cl2N4O. The van der Waals surface area contributed by atoms with Crippen molar-refractivity contribution in [2.75, 3.05) is 26.2 Å². The van der Waals surface area contributed by atoms with Gasteiger partial charge in [-0.25, -0.2) is 0 Å². The van der Waals surface area contributed by atoms with Gasteiger partial charge in [0, 0.05) is 43.9 Å². The van der Waals surface area contributed by atoms with Gasteiger partial charge in [-0.1, -0.05) is 42.3 Å². The first-order valence-corrected chi connectivity index (χ1v) is 9.20. The van der Waals surface area contributed by atoms with Crippen LogP contribution in [0.4, 0.5) is 0 Å². The standard InChI is InChI=1S/C18H22Cl2N4O/c1-14(11-24-13-17(20)10-21-24)18(25)23-8-6-22(7-9-23)12-15-2-4-16(19)5-3-15/h2-5,10,13-14H,6-9,11-12H2,1H3. The monoisotopic (exact) mass is 380 g/mol. The third-order valence-corrected chi connectivity index (χ3v) is 4.93. The Morgan fingerprint density at radius 2 is 1.80 bits per heavy atom. The molecule has 0 radical (unpaired) electrons. The zero-order valence-electron chi connectivity index (χ0n) is 14.2. The summed E-state index contributed by atoms with van der Waals surface area (Å²) in [6.45, 7) is 6.67. The van der Waals surface area contributed by atoms with Crippen LogP contribution in [0.15, 0.2) is 36.7 Å². The molecule has 2 heterocycles. The van der Waals surface area contributed by atoms with E-state index >= 15 is 0 Å². The molecule has 3 rings (SSSR count). The molecule has 1 aromatic heterocycles. The van der Waals surface area contributed by atoms with Gasteiger partial charge in [0.2, 0.25) is 5.91 Å². The van der Waals surface area contributed by atoms with Gasteiger partial charge in [-0.05, 0) is 17.7 Å². The first-order valence-electron chi connectivity index (χ1n) is 8.45. The summed E-state index contributed by atoms with van der Waals surface area (Å²) in [5.41, 5.74) is 1.24. The molecule has 1 fully saturated rings. The maximum absolute atomic E-state index is 12.6. The van der Waals surface area contributed by atoms with Crippen molar-refractivity contribution in [2.24, 2.45) is 5.92 Å². The van der Waals surface area contributed by atoms with E-state index in [1.807, 2.05) is 24.0 Å². The van der Waals surface area contributed by atoms with Crippen molar-refractivity contribution < 1.29 is 4.79 Å². The van der Waals surface area contributed by atoms with E-state index in [4.69, 9.17) is 23.2 Å². The highest BCUT2D eigenvalue weighted by Gasteiger charge is 2.25. The Morgan fingerprint density at radius 3 is 2.40 bits per heavy atom. The average molecular weight is 381 g/mol. The number of rotatable bonds is 5. The predicted molar refractivity (Wildman–Crippen MR) is 99.7 cm³/mol. The Kier molecular flexibility index (Phi) is 5.99. The van der Waals surface area contributed by atoms with Crippen molar-refractivity contribution in [1.29, 1.82) is 0 Å². The Hall–Kier alpha value is -1.56. The largest absolute Gasteiger partial charge is 0.340 e. The topological polar surface area (TPSA) is 41.4 Å². The van der Waals surface area contributed by atoms with E-state index in [9.17, 15) is 4.79 Å². The Balaban J connectivity index is 1.47. The lowest BCUT2D eigenvalue weighted by molar-refractivity contribution is -0.137. The number of hydrogen-bond acceptors (Lipinski definition) is 3. The zero-order valence-corrected chi connectivity index (χ0v) is 15.7. The molecule has 134 valence electrons. The fraction of sp³-hybridized carbons (Fsp3) is 0.444. The first-order chi connectivity index (χ1) is 12.0. The molecule has 0 N–H and O–H groups in total. The molecule has 2 aromatic rings. The predicted octanol–water partition coefficient (Wildman–Crippen LogP) is 3.17. The van der Waals surface area contributed by atoms with E-state index in [0.717, 1.165) is 37.7 Å². The lowest BCUT2D eigenvalue weighted by Gasteiger charge is -2.36. The van der Waals surface area contributed by atoms with Crippen molar-refractivity contribution in [3.8, 4) is 0 Å². The van der Waals surface area contributed by atoms with Crippen LogP contribution in [0.3, 0.4) is 0 Å². The fourth-order valence-corrected chi connectivity index (χ4v) is 3.37. The smallest absolute Gasteiger partial charge is 0.227 e. The van der Waals surface area contributed by atoms with E-state index in [2.05, 4.69) is 22.1 Å².